The van der Waals surface area contributed by atoms with Crippen molar-refractivity contribution in [3.05, 3.63) is 64.8 Å². The summed E-state index contributed by atoms with van der Waals surface area (Å²) < 4.78 is 0. The minimum Gasteiger partial charge on any atom is -0.465 e. The molecule has 0 unspecified atom stereocenters. The molecular formula is C21H20ClN3O3S. The summed E-state index contributed by atoms with van der Waals surface area (Å²) in [6, 6.07) is 12.4. The average Bonchev–Trinajstić information content (AvgIpc) is 3.24. The van der Waals surface area contributed by atoms with Crippen molar-refractivity contribution in [3.63, 3.8) is 0 Å². The molecule has 0 aliphatic heterocycles. The third-order valence-corrected chi connectivity index (χ3v) is 5.44. The number of benzene rings is 1. The maximum atomic E-state index is 12.7. The number of anilines is 2. The lowest BCUT2D eigenvalue weighted by Gasteiger charge is -2.23. The van der Waals surface area contributed by atoms with Gasteiger partial charge in [0.1, 0.15) is 5.15 Å². The van der Waals surface area contributed by atoms with Crippen LogP contribution in [0.1, 0.15) is 30.1 Å². The molecule has 3 aromatic rings. The first-order valence-electron chi connectivity index (χ1n) is 9.11. The normalized spacial score (nSPS) is 10.6. The number of carboxylic acid groups (broad SMARTS) is 1. The number of pyridine rings is 1. The number of amides is 2. The zero-order valence-corrected chi connectivity index (χ0v) is 17.3. The molecule has 2 amide bonds. The zero-order valence-electron chi connectivity index (χ0n) is 15.8. The molecule has 2 N–H and O–H groups in total. The maximum absolute atomic E-state index is 12.7. The first-order chi connectivity index (χ1) is 14.0. The third kappa shape index (κ3) is 5.13. The Bertz CT molecular complexity index is 991. The van der Waals surface area contributed by atoms with Gasteiger partial charge >= 0.3 is 6.09 Å². The Kier molecular flexibility index (Phi) is 6.85. The van der Waals surface area contributed by atoms with Crippen molar-refractivity contribution in [1.82, 2.24) is 4.98 Å². The number of nitrogens with zero attached hydrogens (tertiary/aromatic N) is 2. The number of halogens is 1. The van der Waals surface area contributed by atoms with Crippen LogP contribution >= 0.6 is 22.9 Å². The molecule has 3 rings (SSSR count). The van der Waals surface area contributed by atoms with E-state index in [-0.39, 0.29) is 5.91 Å². The van der Waals surface area contributed by atoms with Crippen LogP contribution in [-0.4, -0.2) is 28.6 Å². The van der Waals surface area contributed by atoms with E-state index in [1.807, 2.05) is 30.5 Å². The van der Waals surface area contributed by atoms with Gasteiger partial charge in [-0.2, -0.15) is 0 Å². The van der Waals surface area contributed by atoms with Gasteiger partial charge in [0.15, 0.2) is 0 Å². The molecular weight excluding hydrogens is 410 g/mol. The molecule has 1 aromatic carbocycles. The molecule has 0 aliphatic rings. The standard InChI is InChI=1S/C21H20ClN3O3S/c1-2-3-10-25(21(27)28)17-8-6-14(18-5-4-11-29-18)12-16(17)24-20(26)15-7-9-19(22)23-13-15/h4-9,11-13H,2-3,10H2,1H3,(H,24,26)(H,27,28). The molecule has 2 aromatic heterocycles. The van der Waals surface area contributed by atoms with Gasteiger partial charge in [0, 0.05) is 17.6 Å². The second-order valence-corrected chi connectivity index (χ2v) is 7.66. The summed E-state index contributed by atoms with van der Waals surface area (Å²) in [5, 5.41) is 14.8. The molecule has 0 aliphatic carbocycles. The van der Waals surface area contributed by atoms with Crippen LogP contribution in [0.3, 0.4) is 0 Å². The molecule has 0 radical (unpaired) electrons. The van der Waals surface area contributed by atoms with E-state index in [2.05, 4.69) is 10.3 Å². The summed E-state index contributed by atoms with van der Waals surface area (Å²) >= 11 is 7.36. The average molecular weight is 430 g/mol. The summed E-state index contributed by atoms with van der Waals surface area (Å²) in [5.74, 6) is -0.389. The van der Waals surface area contributed by atoms with E-state index < -0.39 is 6.09 Å². The predicted octanol–water partition coefficient (Wildman–Crippen LogP) is 6.00. The second-order valence-electron chi connectivity index (χ2n) is 6.32. The van der Waals surface area contributed by atoms with Gasteiger partial charge in [-0.05, 0) is 47.7 Å². The lowest BCUT2D eigenvalue weighted by molar-refractivity contribution is 0.102. The minimum atomic E-state index is -1.06. The van der Waals surface area contributed by atoms with Crippen molar-refractivity contribution >= 4 is 46.3 Å². The molecule has 0 saturated carbocycles. The molecule has 0 fully saturated rings. The molecule has 8 heteroatoms. The summed E-state index contributed by atoms with van der Waals surface area (Å²) in [6.45, 7) is 2.34. The van der Waals surface area contributed by atoms with Gasteiger partial charge in [-0.3, -0.25) is 9.69 Å². The van der Waals surface area contributed by atoms with Crippen molar-refractivity contribution in [2.45, 2.75) is 19.8 Å². The van der Waals surface area contributed by atoms with Crippen molar-refractivity contribution in [2.24, 2.45) is 0 Å². The topological polar surface area (TPSA) is 82.5 Å². The van der Waals surface area contributed by atoms with Crippen LogP contribution in [0.15, 0.2) is 54.0 Å². The SMILES string of the molecule is CCCCN(C(=O)O)c1ccc(-c2cccs2)cc1NC(=O)c1ccc(Cl)nc1. The number of hydrogen-bond acceptors (Lipinski definition) is 4. The van der Waals surface area contributed by atoms with E-state index in [0.717, 1.165) is 16.9 Å². The van der Waals surface area contributed by atoms with Crippen LogP contribution in [0.25, 0.3) is 10.4 Å². The largest absolute Gasteiger partial charge is 0.465 e. The number of nitrogens with one attached hydrogen (secondary N) is 1. The molecule has 29 heavy (non-hydrogen) atoms. The second kappa shape index (κ2) is 9.54. The quantitative estimate of drug-likeness (QED) is 0.451. The van der Waals surface area contributed by atoms with Gasteiger partial charge in [0.05, 0.1) is 16.9 Å². The number of aromatic nitrogens is 1. The van der Waals surface area contributed by atoms with Crippen LogP contribution in [0.4, 0.5) is 16.2 Å². The third-order valence-electron chi connectivity index (χ3n) is 4.30. The van der Waals surface area contributed by atoms with Crippen molar-refractivity contribution in [3.8, 4) is 10.4 Å². The van der Waals surface area contributed by atoms with Crippen LogP contribution in [0.2, 0.25) is 5.15 Å². The molecule has 2 heterocycles. The van der Waals surface area contributed by atoms with Crippen molar-refractivity contribution < 1.29 is 14.7 Å². The first kappa shape index (κ1) is 20.8. The van der Waals surface area contributed by atoms with Gasteiger partial charge in [-0.15, -0.1) is 11.3 Å². The van der Waals surface area contributed by atoms with E-state index in [9.17, 15) is 14.7 Å². The molecule has 0 saturated heterocycles. The number of thiophene rings is 1. The fourth-order valence-electron chi connectivity index (χ4n) is 2.81. The lowest BCUT2D eigenvalue weighted by atomic mass is 10.1. The highest BCUT2D eigenvalue weighted by Crippen LogP contribution is 2.34. The Balaban J connectivity index is 1.99. The predicted molar refractivity (Wildman–Crippen MR) is 117 cm³/mol. The summed E-state index contributed by atoms with van der Waals surface area (Å²) in [7, 11) is 0. The van der Waals surface area contributed by atoms with Crippen LogP contribution < -0.4 is 10.2 Å². The Morgan fingerprint density at radius 2 is 2.07 bits per heavy atom. The van der Waals surface area contributed by atoms with Gasteiger partial charge < -0.3 is 10.4 Å². The number of carbonyl (C=O) groups excluding carboxylic acids is 1. The highest BCUT2D eigenvalue weighted by molar-refractivity contribution is 7.13. The highest BCUT2D eigenvalue weighted by Gasteiger charge is 2.20. The van der Waals surface area contributed by atoms with Crippen molar-refractivity contribution in [1.29, 1.82) is 0 Å². The highest BCUT2D eigenvalue weighted by atomic mass is 35.5. The van der Waals surface area contributed by atoms with E-state index >= 15 is 0 Å². The Hall–Kier alpha value is -2.90. The summed E-state index contributed by atoms with van der Waals surface area (Å²) in [5.41, 5.74) is 2.09. The fourth-order valence-corrected chi connectivity index (χ4v) is 3.64. The monoisotopic (exact) mass is 429 g/mol. The van der Waals surface area contributed by atoms with Gasteiger partial charge in [0.25, 0.3) is 5.91 Å². The summed E-state index contributed by atoms with van der Waals surface area (Å²) in [4.78, 5) is 30.8. The Morgan fingerprint density at radius 3 is 2.69 bits per heavy atom. The van der Waals surface area contributed by atoms with E-state index in [1.54, 1.807) is 29.5 Å². The van der Waals surface area contributed by atoms with Crippen molar-refractivity contribution in [2.75, 3.05) is 16.8 Å². The molecule has 0 bridgehead atoms. The van der Waals surface area contributed by atoms with Gasteiger partial charge in [-0.1, -0.05) is 37.1 Å². The number of rotatable bonds is 7. The number of hydrogen-bond donors (Lipinski definition) is 2. The molecule has 0 spiro atoms. The Morgan fingerprint density at radius 1 is 1.24 bits per heavy atom. The number of carbonyl (C=O) groups is 2. The van der Waals surface area contributed by atoms with E-state index in [1.165, 1.54) is 17.2 Å². The van der Waals surface area contributed by atoms with Crippen LogP contribution in [0, 0.1) is 0 Å². The van der Waals surface area contributed by atoms with Gasteiger partial charge in [0.2, 0.25) is 0 Å². The number of unbranched alkanes of at least 4 members (excludes halogenated alkanes) is 1. The smallest absolute Gasteiger partial charge is 0.411 e. The van der Waals surface area contributed by atoms with E-state index in [4.69, 9.17) is 11.6 Å². The minimum absolute atomic E-state index is 0.290. The maximum Gasteiger partial charge on any atom is 0.411 e. The molecule has 150 valence electrons. The fraction of sp³-hybridized carbons (Fsp3) is 0.190. The first-order valence-corrected chi connectivity index (χ1v) is 10.4. The lowest BCUT2D eigenvalue weighted by Crippen LogP contribution is -2.31. The van der Waals surface area contributed by atoms with Gasteiger partial charge in [-0.25, -0.2) is 9.78 Å². The molecule has 6 nitrogen and oxygen atoms in total. The summed E-state index contributed by atoms with van der Waals surface area (Å²) in [6.07, 6.45) is 1.89. The van der Waals surface area contributed by atoms with Crippen LogP contribution in [0.5, 0.6) is 0 Å². The molecule has 0 atom stereocenters. The zero-order chi connectivity index (χ0) is 20.8. The van der Waals surface area contributed by atoms with E-state index in [0.29, 0.717) is 35.1 Å². The Labute approximate surface area is 177 Å². The van der Waals surface area contributed by atoms with Crippen LogP contribution in [-0.2, 0) is 0 Å².